The van der Waals surface area contributed by atoms with Crippen LogP contribution in [0.2, 0.25) is 0 Å². The van der Waals surface area contributed by atoms with Gasteiger partial charge in [-0.2, -0.15) is 0 Å². The lowest BCUT2D eigenvalue weighted by Crippen LogP contribution is -2.25. The first-order valence-corrected chi connectivity index (χ1v) is 10.6. The molecular formula is C22H37NO5. The Kier molecular flexibility index (Phi) is 12.7. The Morgan fingerprint density at radius 2 is 2.07 bits per heavy atom. The number of amides is 1. The van der Waals surface area contributed by atoms with E-state index in [1.165, 1.54) is 0 Å². The van der Waals surface area contributed by atoms with Gasteiger partial charge in [-0.25, -0.2) is 0 Å². The molecule has 0 aromatic heterocycles. The van der Waals surface area contributed by atoms with Gasteiger partial charge in [-0.05, 0) is 25.7 Å². The van der Waals surface area contributed by atoms with Gasteiger partial charge in [-0.1, -0.05) is 50.5 Å². The highest BCUT2D eigenvalue weighted by molar-refractivity contribution is 5.86. The van der Waals surface area contributed by atoms with Crippen molar-refractivity contribution in [1.82, 2.24) is 5.32 Å². The van der Waals surface area contributed by atoms with Crippen molar-refractivity contribution in [2.24, 2.45) is 11.8 Å². The normalized spacial score (nSPS) is 23.7. The molecule has 1 aliphatic carbocycles. The van der Waals surface area contributed by atoms with Crippen LogP contribution in [0.1, 0.15) is 64.7 Å². The summed E-state index contributed by atoms with van der Waals surface area (Å²) in [6, 6.07) is 0. The highest BCUT2D eigenvalue weighted by Gasteiger charge is 2.39. The molecule has 1 rings (SSSR count). The molecule has 1 fully saturated rings. The number of carbonyl (C=O) groups excluding carboxylic acids is 2. The number of unbranched alkanes of at least 4 members (excludes halogenated alkanes) is 3. The van der Waals surface area contributed by atoms with E-state index < -0.39 is 12.2 Å². The molecule has 4 atom stereocenters. The highest BCUT2D eigenvalue weighted by Crippen LogP contribution is 2.33. The Bertz CT molecular complexity index is 517. The summed E-state index contributed by atoms with van der Waals surface area (Å²) in [6.07, 6.45) is 12.8. The van der Waals surface area contributed by atoms with E-state index in [2.05, 4.69) is 12.2 Å². The lowest BCUT2D eigenvalue weighted by Gasteiger charge is -2.17. The average Bonchev–Trinajstić information content (AvgIpc) is 2.94. The maximum atomic E-state index is 12.2. The molecule has 160 valence electrons. The van der Waals surface area contributed by atoms with Crippen LogP contribution in [0, 0.1) is 11.8 Å². The van der Waals surface area contributed by atoms with E-state index in [9.17, 15) is 19.8 Å². The minimum atomic E-state index is -0.645. The second-order valence-corrected chi connectivity index (χ2v) is 7.55. The fourth-order valence-corrected chi connectivity index (χ4v) is 3.51. The van der Waals surface area contributed by atoms with E-state index in [-0.39, 0.29) is 43.1 Å². The molecule has 0 spiro atoms. The molecule has 28 heavy (non-hydrogen) atoms. The molecular weight excluding hydrogens is 358 g/mol. The number of aliphatic hydroxyl groups excluding tert-OH is 3. The number of allylic oxidation sites excluding steroid dienone is 3. The molecule has 0 aromatic carbocycles. The maximum Gasteiger partial charge on any atom is 0.220 e. The lowest BCUT2D eigenvalue weighted by atomic mass is 9.90. The second-order valence-electron chi connectivity index (χ2n) is 7.55. The summed E-state index contributed by atoms with van der Waals surface area (Å²) in [6.45, 7) is 2.34. The molecule has 0 aliphatic heterocycles. The first-order valence-electron chi connectivity index (χ1n) is 10.6. The predicted molar refractivity (Wildman–Crippen MR) is 110 cm³/mol. The minimum absolute atomic E-state index is 0.0310. The molecule has 0 heterocycles. The van der Waals surface area contributed by atoms with Gasteiger partial charge in [0.2, 0.25) is 5.91 Å². The summed E-state index contributed by atoms with van der Waals surface area (Å²) >= 11 is 0. The van der Waals surface area contributed by atoms with Crippen molar-refractivity contribution in [2.45, 2.75) is 76.9 Å². The molecule has 1 amide bonds. The zero-order chi connectivity index (χ0) is 20.8. The van der Waals surface area contributed by atoms with Gasteiger partial charge in [0.25, 0.3) is 0 Å². The maximum absolute atomic E-state index is 12.2. The van der Waals surface area contributed by atoms with Crippen LogP contribution in [-0.4, -0.2) is 52.4 Å². The van der Waals surface area contributed by atoms with Crippen LogP contribution in [0.3, 0.4) is 0 Å². The number of Topliss-reactive ketones (excluding diaryl/α,β-unsaturated/α-hetero) is 1. The van der Waals surface area contributed by atoms with Crippen molar-refractivity contribution in [3.63, 3.8) is 0 Å². The number of ketones is 1. The number of aliphatic hydroxyl groups is 3. The summed E-state index contributed by atoms with van der Waals surface area (Å²) in [5, 5.41) is 31.5. The van der Waals surface area contributed by atoms with Gasteiger partial charge < -0.3 is 20.6 Å². The summed E-state index contributed by atoms with van der Waals surface area (Å²) in [4.78, 5) is 23.6. The molecule has 4 N–H and O–H groups in total. The van der Waals surface area contributed by atoms with Crippen molar-refractivity contribution >= 4 is 11.7 Å². The van der Waals surface area contributed by atoms with Gasteiger partial charge in [0.15, 0.2) is 0 Å². The summed E-state index contributed by atoms with van der Waals surface area (Å²) in [5.74, 6) is -0.536. The van der Waals surface area contributed by atoms with Crippen molar-refractivity contribution in [3.8, 4) is 0 Å². The Hall–Kier alpha value is -1.50. The van der Waals surface area contributed by atoms with E-state index in [0.29, 0.717) is 25.7 Å². The number of carbonyl (C=O) groups is 2. The van der Waals surface area contributed by atoms with E-state index in [1.54, 1.807) is 12.2 Å². The molecule has 6 nitrogen and oxygen atoms in total. The third-order valence-corrected chi connectivity index (χ3v) is 5.17. The van der Waals surface area contributed by atoms with Gasteiger partial charge in [0.05, 0.1) is 18.8 Å². The standard InChI is InChI=1S/C22H37NO5/c1-2-3-6-9-17(25)12-13-19-18(20(26)16-21(19)27)10-7-4-5-8-11-22(28)23-14-15-24/h4,7,12-13,17-20,24-26H,2-3,5-6,8-11,14-16H2,1H3,(H,23,28). The zero-order valence-corrected chi connectivity index (χ0v) is 17.1. The van der Waals surface area contributed by atoms with E-state index >= 15 is 0 Å². The Balaban J connectivity index is 2.40. The molecule has 4 unspecified atom stereocenters. The summed E-state index contributed by atoms with van der Waals surface area (Å²) in [7, 11) is 0. The zero-order valence-electron chi connectivity index (χ0n) is 17.1. The molecule has 0 aromatic rings. The fraction of sp³-hybridized carbons (Fsp3) is 0.727. The molecule has 0 bridgehead atoms. The van der Waals surface area contributed by atoms with Crippen molar-refractivity contribution in [2.75, 3.05) is 13.2 Å². The average molecular weight is 396 g/mol. The first kappa shape index (κ1) is 24.5. The third-order valence-electron chi connectivity index (χ3n) is 5.17. The van der Waals surface area contributed by atoms with Crippen molar-refractivity contribution in [3.05, 3.63) is 24.3 Å². The van der Waals surface area contributed by atoms with Crippen LogP contribution < -0.4 is 5.32 Å². The molecule has 1 saturated carbocycles. The predicted octanol–water partition coefficient (Wildman–Crippen LogP) is 2.28. The van der Waals surface area contributed by atoms with Gasteiger partial charge in [0.1, 0.15) is 5.78 Å². The lowest BCUT2D eigenvalue weighted by molar-refractivity contribution is -0.121. The summed E-state index contributed by atoms with van der Waals surface area (Å²) < 4.78 is 0. The fourth-order valence-electron chi connectivity index (χ4n) is 3.51. The topological polar surface area (TPSA) is 107 Å². The molecule has 6 heteroatoms. The van der Waals surface area contributed by atoms with Crippen LogP contribution in [0.25, 0.3) is 0 Å². The molecule has 0 saturated heterocycles. The number of hydrogen-bond donors (Lipinski definition) is 4. The van der Waals surface area contributed by atoms with E-state index in [0.717, 1.165) is 25.7 Å². The number of hydrogen-bond acceptors (Lipinski definition) is 5. The van der Waals surface area contributed by atoms with Crippen LogP contribution in [0.5, 0.6) is 0 Å². The molecule has 1 aliphatic rings. The van der Waals surface area contributed by atoms with Gasteiger partial charge >= 0.3 is 0 Å². The van der Waals surface area contributed by atoms with Crippen molar-refractivity contribution in [1.29, 1.82) is 0 Å². The van der Waals surface area contributed by atoms with Gasteiger partial charge in [-0.3, -0.25) is 9.59 Å². The van der Waals surface area contributed by atoms with E-state index in [4.69, 9.17) is 5.11 Å². The summed E-state index contributed by atoms with van der Waals surface area (Å²) in [5.41, 5.74) is 0. The number of rotatable bonds is 14. The SMILES string of the molecule is CCCCCC(O)C=CC1C(=O)CC(O)C1CC=CCCCC(=O)NCCO. The monoisotopic (exact) mass is 395 g/mol. The van der Waals surface area contributed by atoms with Crippen molar-refractivity contribution < 1.29 is 24.9 Å². The van der Waals surface area contributed by atoms with Gasteiger partial charge in [0, 0.05) is 31.2 Å². The largest absolute Gasteiger partial charge is 0.395 e. The Labute approximate surface area is 168 Å². The van der Waals surface area contributed by atoms with Crippen LogP contribution in [0.4, 0.5) is 0 Å². The quantitative estimate of drug-likeness (QED) is 0.267. The van der Waals surface area contributed by atoms with Crippen LogP contribution >= 0.6 is 0 Å². The van der Waals surface area contributed by atoms with E-state index in [1.807, 2.05) is 12.2 Å². The second kappa shape index (κ2) is 14.5. The first-order chi connectivity index (χ1) is 13.5. The number of nitrogens with one attached hydrogen (secondary N) is 1. The smallest absolute Gasteiger partial charge is 0.220 e. The molecule has 0 radical (unpaired) electrons. The Morgan fingerprint density at radius 1 is 1.29 bits per heavy atom. The Morgan fingerprint density at radius 3 is 2.79 bits per heavy atom. The van der Waals surface area contributed by atoms with Gasteiger partial charge in [-0.15, -0.1) is 0 Å². The third kappa shape index (κ3) is 9.62. The van der Waals surface area contributed by atoms with Crippen LogP contribution in [-0.2, 0) is 9.59 Å². The minimum Gasteiger partial charge on any atom is -0.395 e. The highest BCUT2D eigenvalue weighted by atomic mass is 16.3. The van der Waals surface area contributed by atoms with Crippen LogP contribution in [0.15, 0.2) is 24.3 Å².